The maximum absolute atomic E-state index is 12.3. The van der Waals surface area contributed by atoms with Gasteiger partial charge in [0.1, 0.15) is 0 Å². The molecule has 23 heavy (non-hydrogen) atoms. The second kappa shape index (κ2) is 6.65. The zero-order valence-corrected chi connectivity index (χ0v) is 13.5. The van der Waals surface area contributed by atoms with E-state index >= 15 is 0 Å². The number of fused-ring (bicyclic) bond motifs is 1. The van der Waals surface area contributed by atoms with Gasteiger partial charge in [0.05, 0.1) is 17.8 Å². The molecule has 0 radical (unpaired) electrons. The van der Waals surface area contributed by atoms with Crippen LogP contribution in [0.1, 0.15) is 35.0 Å². The maximum Gasteiger partial charge on any atom is 0.251 e. The number of benzene rings is 2. The third-order valence-corrected chi connectivity index (χ3v) is 3.90. The molecular formula is C19H21N3O. The van der Waals surface area contributed by atoms with E-state index in [-0.39, 0.29) is 5.91 Å². The van der Waals surface area contributed by atoms with Crippen molar-refractivity contribution in [3.8, 4) is 0 Å². The van der Waals surface area contributed by atoms with Crippen molar-refractivity contribution in [2.75, 3.05) is 0 Å². The van der Waals surface area contributed by atoms with Crippen LogP contribution in [0, 0.1) is 6.92 Å². The summed E-state index contributed by atoms with van der Waals surface area (Å²) in [7, 11) is 0. The molecule has 3 rings (SSSR count). The molecule has 1 amide bonds. The number of hydrogen-bond acceptors (Lipinski definition) is 2. The van der Waals surface area contributed by atoms with Gasteiger partial charge in [-0.15, -0.1) is 0 Å². The monoisotopic (exact) mass is 307 g/mol. The van der Waals surface area contributed by atoms with Gasteiger partial charge in [-0.1, -0.05) is 42.8 Å². The Hall–Kier alpha value is -2.62. The van der Waals surface area contributed by atoms with E-state index < -0.39 is 0 Å². The first-order chi connectivity index (χ1) is 11.2. The van der Waals surface area contributed by atoms with Gasteiger partial charge in [-0.25, -0.2) is 0 Å². The lowest BCUT2D eigenvalue weighted by Gasteiger charge is -2.04. The van der Waals surface area contributed by atoms with Gasteiger partial charge in [-0.3, -0.25) is 9.48 Å². The van der Waals surface area contributed by atoms with Gasteiger partial charge in [0, 0.05) is 17.5 Å². The van der Waals surface area contributed by atoms with Crippen LogP contribution >= 0.6 is 0 Å². The summed E-state index contributed by atoms with van der Waals surface area (Å²) in [5.41, 5.74) is 3.85. The number of rotatable bonds is 5. The van der Waals surface area contributed by atoms with Crippen LogP contribution in [0.2, 0.25) is 0 Å². The molecule has 1 N–H and O–H groups in total. The van der Waals surface area contributed by atoms with Crippen LogP contribution in [0.3, 0.4) is 0 Å². The predicted octanol–water partition coefficient (Wildman–Crippen LogP) is 3.68. The van der Waals surface area contributed by atoms with Gasteiger partial charge in [0.2, 0.25) is 0 Å². The Kier molecular flexibility index (Phi) is 4.42. The fourth-order valence-corrected chi connectivity index (χ4v) is 2.68. The largest absolute Gasteiger partial charge is 0.346 e. The molecule has 0 bridgehead atoms. The number of nitrogens with one attached hydrogen (secondary N) is 1. The van der Waals surface area contributed by atoms with E-state index in [4.69, 9.17) is 0 Å². The highest BCUT2D eigenvalue weighted by molar-refractivity contribution is 5.94. The summed E-state index contributed by atoms with van der Waals surface area (Å²) in [5, 5.41) is 8.73. The van der Waals surface area contributed by atoms with Gasteiger partial charge < -0.3 is 5.32 Å². The molecule has 0 aliphatic rings. The Balaban J connectivity index is 1.79. The molecule has 4 heteroatoms. The summed E-state index contributed by atoms with van der Waals surface area (Å²) in [6, 6.07) is 15.7. The van der Waals surface area contributed by atoms with Crippen LogP contribution in [0.5, 0.6) is 0 Å². The second-order valence-electron chi connectivity index (χ2n) is 5.74. The number of hydrogen-bond donors (Lipinski definition) is 1. The van der Waals surface area contributed by atoms with Crippen LogP contribution in [-0.2, 0) is 13.1 Å². The zero-order valence-electron chi connectivity index (χ0n) is 13.5. The van der Waals surface area contributed by atoms with Gasteiger partial charge in [0.25, 0.3) is 5.91 Å². The molecule has 3 aromatic rings. The van der Waals surface area contributed by atoms with Crippen molar-refractivity contribution < 1.29 is 4.79 Å². The molecule has 0 fully saturated rings. The zero-order chi connectivity index (χ0) is 16.2. The molecule has 0 aliphatic heterocycles. The summed E-state index contributed by atoms with van der Waals surface area (Å²) in [4.78, 5) is 12.3. The number of nitrogens with zero attached hydrogens (tertiary/aromatic N) is 2. The highest BCUT2D eigenvalue weighted by Gasteiger charge is 2.11. The average Bonchev–Trinajstić information content (AvgIpc) is 2.92. The van der Waals surface area contributed by atoms with E-state index in [9.17, 15) is 4.79 Å². The fraction of sp³-hybridized carbons (Fsp3) is 0.263. The van der Waals surface area contributed by atoms with Crippen molar-refractivity contribution in [3.63, 3.8) is 0 Å². The number of amides is 1. The summed E-state index contributed by atoms with van der Waals surface area (Å²) in [5.74, 6) is -0.0703. The van der Waals surface area contributed by atoms with Gasteiger partial charge in [0.15, 0.2) is 0 Å². The molecule has 4 nitrogen and oxygen atoms in total. The van der Waals surface area contributed by atoms with Crippen molar-refractivity contribution in [1.82, 2.24) is 15.1 Å². The number of aromatic nitrogens is 2. The Labute approximate surface area is 136 Å². The highest BCUT2D eigenvalue weighted by atomic mass is 16.1. The molecule has 1 aromatic heterocycles. The van der Waals surface area contributed by atoms with Crippen LogP contribution in [0.4, 0.5) is 0 Å². The molecular weight excluding hydrogens is 286 g/mol. The third-order valence-electron chi connectivity index (χ3n) is 3.90. The second-order valence-corrected chi connectivity index (χ2v) is 5.74. The van der Waals surface area contributed by atoms with Crippen molar-refractivity contribution in [2.45, 2.75) is 33.4 Å². The van der Waals surface area contributed by atoms with Gasteiger partial charge >= 0.3 is 0 Å². The summed E-state index contributed by atoms with van der Waals surface area (Å²) in [6.07, 6.45) is 1.03. The minimum Gasteiger partial charge on any atom is -0.346 e. The topological polar surface area (TPSA) is 46.9 Å². The summed E-state index contributed by atoms with van der Waals surface area (Å²) >= 11 is 0. The van der Waals surface area contributed by atoms with Crippen molar-refractivity contribution in [3.05, 3.63) is 65.4 Å². The lowest BCUT2D eigenvalue weighted by Crippen LogP contribution is -2.23. The smallest absolute Gasteiger partial charge is 0.251 e. The molecule has 2 aromatic carbocycles. The standard InChI is InChI=1S/C19H21N3O/c1-3-12-22-18-7-5-4-6-16(18)17(21-22)13-20-19(23)15-10-8-14(2)9-11-15/h4-11H,3,12-13H2,1-2H3,(H,20,23). The molecule has 0 saturated heterocycles. The van der Waals surface area contributed by atoms with E-state index in [0.717, 1.165) is 35.1 Å². The Morgan fingerprint density at radius 3 is 2.61 bits per heavy atom. The van der Waals surface area contributed by atoms with Crippen LogP contribution < -0.4 is 5.32 Å². The molecule has 0 saturated carbocycles. The van der Waals surface area contributed by atoms with E-state index in [1.807, 2.05) is 48.0 Å². The maximum atomic E-state index is 12.3. The van der Waals surface area contributed by atoms with E-state index in [2.05, 4.69) is 29.5 Å². The first kappa shape index (κ1) is 15.3. The Morgan fingerprint density at radius 1 is 1.13 bits per heavy atom. The number of carbonyl (C=O) groups is 1. The number of para-hydroxylation sites is 1. The third kappa shape index (κ3) is 3.26. The molecule has 0 atom stereocenters. The SMILES string of the molecule is CCCn1nc(CNC(=O)c2ccc(C)cc2)c2ccccc21. The quantitative estimate of drug-likeness (QED) is 0.781. The van der Waals surface area contributed by atoms with Crippen molar-refractivity contribution >= 4 is 16.8 Å². The predicted molar refractivity (Wildman–Crippen MR) is 92.4 cm³/mol. The lowest BCUT2D eigenvalue weighted by atomic mass is 10.1. The van der Waals surface area contributed by atoms with Gasteiger partial charge in [-0.05, 0) is 31.5 Å². The van der Waals surface area contributed by atoms with Crippen LogP contribution in [0.15, 0.2) is 48.5 Å². The average molecular weight is 307 g/mol. The van der Waals surface area contributed by atoms with Crippen LogP contribution in [-0.4, -0.2) is 15.7 Å². The number of carbonyl (C=O) groups excluding carboxylic acids is 1. The minimum atomic E-state index is -0.0703. The molecule has 0 unspecified atom stereocenters. The first-order valence-corrected chi connectivity index (χ1v) is 7.98. The first-order valence-electron chi connectivity index (χ1n) is 7.98. The highest BCUT2D eigenvalue weighted by Crippen LogP contribution is 2.18. The minimum absolute atomic E-state index is 0.0703. The molecule has 0 aliphatic carbocycles. The van der Waals surface area contributed by atoms with E-state index in [1.54, 1.807) is 0 Å². The van der Waals surface area contributed by atoms with E-state index in [1.165, 1.54) is 0 Å². The van der Waals surface area contributed by atoms with E-state index in [0.29, 0.717) is 12.1 Å². The van der Waals surface area contributed by atoms with Crippen molar-refractivity contribution in [2.24, 2.45) is 0 Å². The fourth-order valence-electron chi connectivity index (χ4n) is 2.68. The summed E-state index contributed by atoms with van der Waals surface area (Å²) < 4.78 is 2.02. The van der Waals surface area contributed by atoms with Gasteiger partial charge in [-0.2, -0.15) is 5.10 Å². The normalized spacial score (nSPS) is 10.9. The molecule has 1 heterocycles. The summed E-state index contributed by atoms with van der Waals surface area (Å²) in [6.45, 7) is 5.46. The Morgan fingerprint density at radius 2 is 1.87 bits per heavy atom. The molecule has 0 spiro atoms. The lowest BCUT2D eigenvalue weighted by molar-refractivity contribution is 0.0950. The van der Waals surface area contributed by atoms with Crippen LogP contribution in [0.25, 0.3) is 10.9 Å². The Bertz CT molecular complexity index is 818. The van der Waals surface area contributed by atoms with Crippen molar-refractivity contribution in [1.29, 1.82) is 0 Å². The molecule has 118 valence electrons. The number of aryl methyl sites for hydroxylation is 2.